The van der Waals surface area contributed by atoms with Crippen molar-refractivity contribution in [3.8, 4) is 17.2 Å². The summed E-state index contributed by atoms with van der Waals surface area (Å²) in [5.74, 6) is 3.64. The van der Waals surface area contributed by atoms with Crippen LogP contribution in [0, 0.1) is 0 Å². The van der Waals surface area contributed by atoms with Gasteiger partial charge in [0.25, 0.3) is 5.91 Å². The molecule has 0 spiro atoms. The molecule has 1 atom stereocenters. The molecular weight excluding hydrogens is 494 g/mol. The van der Waals surface area contributed by atoms with Gasteiger partial charge in [-0.25, -0.2) is 4.98 Å². The highest BCUT2D eigenvalue weighted by atomic mass is 16.5. The van der Waals surface area contributed by atoms with E-state index in [1.165, 1.54) is 18.4 Å². The second-order valence-corrected chi connectivity index (χ2v) is 10.3. The Morgan fingerprint density at radius 3 is 2.46 bits per heavy atom. The highest BCUT2D eigenvalue weighted by molar-refractivity contribution is 5.99. The van der Waals surface area contributed by atoms with Crippen LogP contribution in [0.25, 0.3) is 0 Å². The van der Waals surface area contributed by atoms with Gasteiger partial charge in [-0.15, -0.1) is 0 Å². The third-order valence-electron chi connectivity index (χ3n) is 7.73. The van der Waals surface area contributed by atoms with Crippen molar-refractivity contribution in [3.05, 3.63) is 66.6 Å². The number of rotatable bonds is 10. The zero-order chi connectivity index (χ0) is 26.6. The van der Waals surface area contributed by atoms with Gasteiger partial charge < -0.3 is 24.0 Å². The summed E-state index contributed by atoms with van der Waals surface area (Å²) < 4.78 is 17.8. The van der Waals surface area contributed by atoms with E-state index in [0.717, 1.165) is 50.0 Å². The molecule has 3 fully saturated rings. The molecule has 2 saturated heterocycles. The molecule has 1 amide bonds. The zero-order valence-electron chi connectivity index (χ0n) is 22.4. The van der Waals surface area contributed by atoms with Gasteiger partial charge in [0.1, 0.15) is 18.2 Å². The predicted molar refractivity (Wildman–Crippen MR) is 149 cm³/mol. The fourth-order valence-electron chi connectivity index (χ4n) is 5.30. The molecule has 1 saturated carbocycles. The number of carbonyl (C=O) groups is 1. The molecule has 2 aromatic carbocycles. The van der Waals surface area contributed by atoms with Gasteiger partial charge in [-0.3, -0.25) is 14.7 Å². The molecular formula is C30H35N5O4. The first-order valence-corrected chi connectivity index (χ1v) is 13.8. The van der Waals surface area contributed by atoms with Gasteiger partial charge in [0, 0.05) is 69.8 Å². The molecule has 0 bridgehead atoms. The second kappa shape index (κ2) is 11.5. The lowest BCUT2D eigenvalue weighted by atomic mass is 10.1. The molecule has 3 aliphatic rings. The molecule has 0 radical (unpaired) electrons. The van der Waals surface area contributed by atoms with Crippen LogP contribution < -0.4 is 24.0 Å². The summed E-state index contributed by atoms with van der Waals surface area (Å²) in [7, 11) is 1.63. The number of methoxy groups -OCH3 is 1. The lowest BCUT2D eigenvalue weighted by Gasteiger charge is -2.35. The maximum absolute atomic E-state index is 13.2. The van der Waals surface area contributed by atoms with E-state index in [-0.39, 0.29) is 5.91 Å². The van der Waals surface area contributed by atoms with E-state index in [1.54, 1.807) is 24.4 Å². The van der Waals surface area contributed by atoms with Gasteiger partial charge in [0.2, 0.25) is 0 Å². The summed E-state index contributed by atoms with van der Waals surface area (Å²) in [5.41, 5.74) is 2.15. The lowest BCUT2D eigenvalue weighted by molar-refractivity contribution is -0.122. The topological polar surface area (TPSA) is 80.3 Å². The van der Waals surface area contributed by atoms with Crippen LogP contribution in [0.2, 0.25) is 0 Å². The van der Waals surface area contributed by atoms with E-state index in [9.17, 15) is 4.79 Å². The van der Waals surface area contributed by atoms with E-state index in [2.05, 4.69) is 31.9 Å². The third kappa shape index (κ3) is 5.93. The molecule has 39 heavy (non-hydrogen) atoms. The highest BCUT2D eigenvalue weighted by Crippen LogP contribution is 2.40. The maximum Gasteiger partial charge on any atom is 0.268 e. The van der Waals surface area contributed by atoms with Crippen molar-refractivity contribution in [2.75, 3.05) is 62.8 Å². The minimum absolute atomic E-state index is 0.0300. The molecule has 9 heteroatoms. The van der Waals surface area contributed by atoms with E-state index in [1.807, 2.05) is 36.5 Å². The standard InChI is InChI=1S/C30H35N5O4/c1-37-28-20-24(35-13-10-27(30(35)36)39-25-7-4-23(5-8-25)22-2-3-22)6-9-26(28)38-19-18-33-14-16-34(17-15-33)29-21-31-11-12-32-29/h4-9,11-12,20-22,27H,2-3,10,13-19H2,1H3/t27-/m0/s1. The first kappa shape index (κ1) is 25.4. The molecule has 2 aliphatic heterocycles. The Hall–Kier alpha value is -3.85. The van der Waals surface area contributed by atoms with Crippen molar-refractivity contribution in [2.24, 2.45) is 0 Å². The van der Waals surface area contributed by atoms with Crippen molar-refractivity contribution in [1.82, 2.24) is 14.9 Å². The van der Waals surface area contributed by atoms with Gasteiger partial charge in [-0.1, -0.05) is 12.1 Å². The van der Waals surface area contributed by atoms with E-state index >= 15 is 0 Å². The van der Waals surface area contributed by atoms with Crippen LogP contribution in [0.15, 0.2) is 61.1 Å². The van der Waals surface area contributed by atoms with Crippen molar-refractivity contribution >= 4 is 17.4 Å². The van der Waals surface area contributed by atoms with E-state index < -0.39 is 6.10 Å². The number of anilines is 2. The van der Waals surface area contributed by atoms with Crippen LogP contribution in [0.1, 0.15) is 30.7 Å². The van der Waals surface area contributed by atoms with Crippen LogP contribution in [0.3, 0.4) is 0 Å². The molecule has 1 aromatic heterocycles. The Bertz CT molecular complexity index is 1260. The van der Waals surface area contributed by atoms with Crippen LogP contribution in [-0.4, -0.2) is 79.9 Å². The van der Waals surface area contributed by atoms with Crippen LogP contribution >= 0.6 is 0 Å². The zero-order valence-corrected chi connectivity index (χ0v) is 22.4. The summed E-state index contributed by atoms with van der Waals surface area (Å²) in [6, 6.07) is 13.9. The van der Waals surface area contributed by atoms with Gasteiger partial charge in [-0.2, -0.15) is 0 Å². The van der Waals surface area contributed by atoms with Crippen LogP contribution in [0.4, 0.5) is 11.5 Å². The first-order valence-electron chi connectivity index (χ1n) is 13.8. The summed E-state index contributed by atoms with van der Waals surface area (Å²) in [5, 5.41) is 0. The molecule has 0 unspecified atom stereocenters. The van der Waals surface area contributed by atoms with E-state index in [0.29, 0.717) is 37.0 Å². The van der Waals surface area contributed by atoms with Gasteiger partial charge in [-0.05, 0) is 48.6 Å². The average Bonchev–Trinajstić information content (AvgIpc) is 3.78. The van der Waals surface area contributed by atoms with Crippen LogP contribution in [0.5, 0.6) is 17.2 Å². The van der Waals surface area contributed by atoms with Crippen molar-refractivity contribution in [3.63, 3.8) is 0 Å². The molecule has 6 rings (SSSR count). The first-order chi connectivity index (χ1) is 19.2. The molecule has 1 aliphatic carbocycles. The van der Waals surface area contributed by atoms with Gasteiger partial charge in [0.15, 0.2) is 17.6 Å². The molecule has 9 nitrogen and oxygen atoms in total. The Labute approximate surface area is 229 Å². The summed E-state index contributed by atoms with van der Waals surface area (Å²) >= 11 is 0. The number of ether oxygens (including phenoxy) is 3. The smallest absolute Gasteiger partial charge is 0.268 e. The molecule has 3 aromatic rings. The molecule has 204 valence electrons. The number of hydrogen-bond acceptors (Lipinski definition) is 8. The normalized spacial score (nSPS) is 19.8. The lowest BCUT2D eigenvalue weighted by Crippen LogP contribution is -2.47. The maximum atomic E-state index is 13.2. The number of nitrogens with zero attached hydrogens (tertiary/aromatic N) is 5. The van der Waals surface area contributed by atoms with Crippen LogP contribution in [-0.2, 0) is 4.79 Å². The summed E-state index contributed by atoms with van der Waals surface area (Å²) in [6.45, 7) is 5.70. The van der Waals surface area contributed by atoms with Gasteiger partial charge >= 0.3 is 0 Å². The quantitative estimate of drug-likeness (QED) is 0.393. The fourth-order valence-corrected chi connectivity index (χ4v) is 5.30. The van der Waals surface area contributed by atoms with Gasteiger partial charge in [0.05, 0.1) is 13.3 Å². The Kier molecular flexibility index (Phi) is 7.49. The second-order valence-electron chi connectivity index (χ2n) is 10.3. The predicted octanol–water partition coefficient (Wildman–Crippen LogP) is 3.75. The molecule has 3 heterocycles. The highest BCUT2D eigenvalue weighted by Gasteiger charge is 2.35. The Morgan fingerprint density at radius 1 is 0.923 bits per heavy atom. The third-order valence-corrected chi connectivity index (χ3v) is 7.73. The minimum atomic E-state index is -0.479. The number of hydrogen-bond donors (Lipinski definition) is 0. The fraction of sp³-hybridized carbons (Fsp3) is 0.433. The average molecular weight is 530 g/mol. The number of amides is 1. The van der Waals surface area contributed by atoms with E-state index in [4.69, 9.17) is 14.2 Å². The number of benzene rings is 2. The SMILES string of the molecule is COc1cc(N2CC[C@H](Oc3ccc(C4CC4)cc3)C2=O)ccc1OCCN1CCN(c2cnccn2)CC1. The number of aromatic nitrogens is 2. The van der Waals surface area contributed by atoms with Crippen molar-refractivity contribution in [2.45, 2.75) is 31.3 Å². The summed E-state index contributed by atoms with van der Waals surface area (Å²) in [6.07, 6.45) is 7.95. The molecule has 0 N–H and O–H groups in total. The number of carbonyl (C=O) groups excluding carboxylic acids is 1. The largest absolute Gasteiger partial charge is 0.493 e. The monoisotopic (exact) mass is 529 g/mol. The Balaban J connectivity index is 0.997. The Morgan fingerprint density at radius 2 is 1.74 bits per heavy atom. The van der Waals surface area contributed by atoms with Crippen molar-refractivity contribution in [1.29, 1.82) is 0 Å². The minimum Gasteiger partial charge on any atom is -0.493 e. The number of piperazine rings is 1. The van der Waals surface area contributed by atoms with Crippen molar-refractivity contribution < 1.29 is 19.0 Å². The summed E-state index contributed by atoms with van der Waals surface area (Å²) in [4.78, 5) is 28.1.